The number of carbonyl (C=O) groups is 1. The summed E-state index contributed by atoms with van der Waals surface area (Å²) >= 11 is 1.58. The Hall–Kier alpha value is -2.26. The summed E-state index contributed by atoms with van der Waals surface area (Å²) in [5, 5.41) is 5.27. The molecule has 0 bridgehead atoms. The number of para-hydroxylation sites is 1. The van der Waals surface area contributed by atoms with Gasteiger partial charge in [-0.2, -0.15) is 0 Å². The van der Waals surface area contributed by atoms with Gasteiger partial charge in [0.15, 0.2) is 0 Å². The summed E-state index contributed by atoms with van der Waals surface area (Å²) in [6.07, 6.45) is 0. The number of carbonyl (C=O) groups excluding carboxylic acids is 1. The Morgan fingerprint density at radius 2 is 1.65 bits per heavy atom. The highest BCUT2D eigenvalue weighted by Crippen LogP contribution is 2.28. The molecule has 0 aliphatic heterocycles. The van der Waals surface area contributed by atoms with Gasteiger partial charge >= 0.3 is 0 Å². The van der Waals surface area contributed by atoms with Gasteiger partial charge in [-0.1, -0.05) is 48.5 Å². The maximum Gasteiger partial charge on any atom is 0.237 e. The van der Waals surface area contributed by atoms with Crippen LogP contribution in [-0.2, 0) is 4.79 Å². The van der Waals surface area contributed by atoms with Crippen LogP contribution < -0.4 is 5.32 Å². The summed E-state index contributed by atoms with van der Waals surface area (Å²) in [5.74, 6) is 0.0254. The highest BCUT2D eigenvalue weighted by Gasteiger charge is 2.15. The van der Waals surface area contributed by atoms with Crippen molar-refractivity contribution in [2.75, 3.05) is 5.32 Å². The van der Waals surface area contributed by atoms with Crippen molar-refractivity contribution in [3.05, 3.63) is 72.3 Å². The molecule has 116 valence electrons. The molecule has 0 radical (unpaired) electrons. The van der Waals surface area contributed by atoms with Crippen molar-refractivity contribution >= 4 is 34.1 Å². The Morgan fingerprint density at radius 1 is 0.957 bits per heavy atom. The van der Waals surface area contributed by atoms with E-state index in [1.165, 1.54) is 10.8 Å². The lowest BCUT2D eigenvalue weighted by Gasteiger charge is -2.14. The lowest BCUT2D eigenvalue weighted by Crippen LogP contribution is -2.22. The van der Waals surface area contributed by atoms with Gasteiger partial charge in [0.1, 0.15) is 0 Å². The lowest BCUT2D eigenvalue weighted by atomic mass is 10.1. The Bertz CT molecular complexity index is 844. The van der Waals surface area contributed by atoms with E-state index in [9.17, 15) is 4.79 Å². The number of hydrogen-bond acceptors (Lipinski definition) is 2. The maximum absolute atomic E-state index is 12.4. The van der Waals surface area contributed by atoms with E-state index < -0.39 is 0 Å². The van der Waals surface area contributed by atoms with E-state index in [0.717, 1.165) is 16.1 Å². The average molecular weight is 321 g/mol. The SMILES string of the molecule is Cc1ccccc1NC(=O)C(C)Sc1ccc2ccccc2c1. The second-order valence-corrected chi connectivity index (χ2v) is 6.99. The fraction of sp³-hybridized carbons (Fsp3) is 0.150. The quantitative estimate of drug-likeness (QED) is 0.663. The van der Waals surface area contributed by atoms with E-state index in [1.54, 1.807) is 11.8 Å². The van der Waals surface area contributed by atoms with Crippen molar-refractivity contribution in [3.8, 4) is 0 Å². The van der Waals surface area contributed by atoms with Crippen molar-refractivity contribution in [2.24, 2.45) is 0 Å². The number of hydrogen-bond donors (Lipinski definition) is 1. The third kappa shape index (κ3) is 3.74. The van der Waals surface area contributed by atoms with Crippen molar-refractivity contribution in [1.82, 2.24) is 0 Å². The molecule has 0 heterocycles. The van der Waals surface area contributed by atoms with E-state index in [1.807, 2.05) is 50.2 Å². The minimum atomic E-state index is -0.157. The number of anilines is 1. The predicted molar refractivity (Wildman–Crippen MR) is 99.1 cm³/mol. The van der Waals surface area contributed by atoms with Crippen LogP contribution >= 0.6 is 11.8 Å². The molecule has 0 fully saturated rings. The van der Waals surface area contributed by atoms with E-state index >= 15 is 0 Å². The molecular formula is C20H19NOS. The zero-order valence-electron chi connectivity index (χ0n) is 13.2. The van der Waals surface area contributed by atoms with Gasteiger partial charge in [0.25, 0.3) is 0 Å². The summed E-state index contributed by atoms with van der Waals surface area (Å²) in [5.41, 5.74) is 1.95. The second-order valence-electron chi connectivity index (χ2n) is 5.57. The van der Waals surface area contributed by atoms with Crippen LogP contribution in [0.1, 0.15) is 12.5 Å². The molecule has 0 saturated heterocycles. The van der Waals surface area contributed by atoms with Crippen molar-refractivity contribution in [3.63, 3.8) is 0 Å². The smallest absolute Gasteiger partial charge is 0.237 e. The van der Waals surface area contributed by atoms with Gasteiger partial charge in [-0.15, -0.1) is 11.8 Å². The first-order valence-corrected chi connectivity index (χ1v) is 8.53. The van der Waals surface area contributed by atoms with Gasteiger partial charge < -0.3 is 5.32 Å². The van der Waals surface area contributed by atoms with Gasteiger partial charge in [-0.25, -0.2) is 0 Å². The van der Waals surface area contributed by atoms with Crippen LogP contribution in [0.2, 0.25) is 0 Å². The van der Waals surface area contributed by atoms with Crippen LogP contribution in [0, 0.1) is 6.92 Å². The van der Waals surface area contributed by atoms with E-state index in [-0.39, 0.29) is 11.2 Å². The first-order chi connectivity index (χ1) is 11.1. The van der Waals surface area contributed by atoms with Gasteiger partial charge in [-0.3, -0.25) is 4.79 Å². The molecule has 2 nitrogen and oxygen atoms in total. The lowest BCUT2D eigenvalue weighted by molar-refractivity contribution is -0.115. The third-order valence-corrected chi connectivity index (χ3v) is 4.90. The molecule has 3 rings (SSSR count). The van der Waals surface area contributed by atoms with E-state index in [2.05, 4.69) is 35.6 Å². The van der Waals surface area contributed by atoms with E-state index in [4.69, 9.17) is 0 Å². The second kappa shape index (κ2) is 6.88. The van der Waals surface area contributed by atoms with Crippen LogP contribution in [0.3, 0.4) is 0 Å². The van der Waals surface area contributed by atoms with Crippen LogP contribution in [0.4, 0.5) is 5.69 Å². The Labute approximate surface area is 140 Å². The minimum absolute atomic E-state index is 0.0254. The van der Waals surface area contributed by atoms with Crippen molar-refractivity contribution in [2.45, 2.75) is 24.0 Å². The molecule has 0 aliphatic rings. The van der Waals surface area contributed by atoms with Crippen LogP contribution in [0.15, 0.2) is 71.6 Å². The van der Waals surface area contributed by atoms with Crippen molar-refractivity contribution < 1.29 is 4.79 Å². The minimum Gasteiger partial charge on any atom is -0.325 e. The summed E-state index contributed by atoms with van der Waals surface area (Å²) in [4.78, 5) is 13.5. The molecule has 3 heteroatoms. The summed E-state index contributed by atoms with van der Waals surface area (Å²) in [6, 6.07) is 22.4. The van der Waals surface area contributed by atoms with Crippen LogP contribution in [0.5, 0.6) is 0 Å². The molecule has 3 aromatic rings. The molecular weight excluding hydrogens is 302 g/mol. The van der Waals surface area contributed by atoms with Gasteiger partial charge in [0, 0.05) is 10.6 Å². The number of aryl methyl sites for hydroxylation is 1. The van der Waals surface area contributed by atoms with Gasteiger partial charge in [0.2, 0.25) is 5.91 Å². The zero-order chi connectivity index (χ0) is 16.2. The Kier molecular flexibility index (Phi) is 4.68. The number of benzene rings is 3. The highest BCUT2D eigenvalue weighted by molar-refractivity contribution is 8.00. The monoisotopic (exact) mass is 321 g/mol. The van der Waals surface area contributed by atoms with Gasteiger partial charge in [0.05, 0.1) is 5.25 Å². The first kappa shape index (κ1) is 15.6. The van der Waals surface area contributed by atoms with Gasteiger partial charge in [-0.05, 0) is 48.4 Å². The number of fused-ring (bicyclic) bond motifs is 1. The van der Waals surface area contributed by atoms with Crippen LogP contribution in [0.25, 0.3) is 10.8 Å². The Balaban J connectivity index is 1.71. The first-order valence-electron chi connectivity index (χ1n) is 7.65. The number of thioether (sulfide) groups is 1. The molecule has 0 aromatic heterocycles. The maximum atomic E-state index is 12.4. The molecule has 0 aliphatic carbocycles. The predicted octanol–water partition coefficient (Wildman–Crippen LogP) is 5.27. The molecule has 1 N–H and O–H groups in total. The standard InChI is InChI=1S/C20H19NOS/c1-14-7-3-6-10-19(14)21-20(22)15(2)23-18-12-11-16-8-4-5-9-17(16)13-18/h3-13,15H,1-2H3,(H,21,22). The van der Waals surface area contributed by atoms with E-state index in [0.29, 0.717) is 0 Å². The van der Waals surface area contributed by atoms with Crippen LogP contribution in [-0.4, -0.2) is 11.2 Å². The number of amides is 1. The zero-order valence-corrected chi connectivity index (χ0v) is 14.1. The summed E-state index contributed by atoms with van der Waals surface area (Å²) in [7, 11) is 0. The average Bonchev–Trinajstić information content (AvgIpc) is 2.56. The fourth-order valence-electron chi connectivity index (χ4n) is 2.45. The molecule has 0 spiro atoms. The summed E-state index contributed by atoms with van der Waals surface area (Å²) in [6.45, 7) is 3.93. The highest BCUT2D eigenvalue weighted by atomic mass is 32.2. The third-order valence-electron chi connectivity index (χ3n) is 3.81. The number of nitrogens with one attached hydrogen (secondary N) is 1. The number of rotatable bonds is 4. The van der Waals surface area contributed by atoms with Crippen molar-refractivity contribution in [1.29, 1.82) is 0 Å². The normalized spacial score (nSPS) is 12.1. The molecule has 0 saturated carbocycles. The molecule has 1 atom stereocenters. The molecule has 1 amide bonds. The molecule has 23 heavy (non-hydrogen) atoms. The Morgan fingerprint density at radius 3 is 2.43 bits per heavy atom. The fourth-order valence-corrected chi connectivity index (χ4v) is 3.36. The topological polar surface area (TPSA) is 29.1 Å². The molecule has 3 aromatic carbocycles. The molecule has 1 unspecified atom stereocenters. The summed E-state index contributed by atoms with van der Waals surface area (Å²) < 4.78 is 0. The largest absolute Gasteiger partial charge is 0.325 e.